The molecule has 0 unspecified atom stereocenters. The highest BCUT2D eigenvalue weighted by atomic mass is 19.4. The Hall–Kier alpha value is -3.69. The minimum Gasteiger partial charge on any atom is -0.489 e. The van der Waals surface area contributed by atoms with E-state index in [1.54, 1.807) is 6.07 Å². The van der Waals surface area contributed by atoms with Crippen LogP contribution in [0.25, 0.3) is 5.69 Å². The number of aromatic nitrogens is 2. The number of ether oxygens (including phenoxy) is 1. The second kappa shape index (κ2) is 9.21. The highest BCUT2D eigenvalue weighted by Crippen LogP contribution is 2.30. The van der Waals surface area contributed by atoms with Crippen LogP contribution in [0.5, 0.6) is 5.75 Å². The monoisotopic (exact) mass is 449 g/mol. The van der Waals surface area contributed by atoms with E-state index < -0.39 is 34.6 Å². The summed E-state index contributed by atoms with van der Waals surface area (Å²) in [5.41, 5.74) is -1.70. The summed E-state index contributed by atoms with van der Waals surface area (Å²) < 4.78 is 59.2. The fourth-order valence-corrected chi connectivity index (χ4v) is 2.91. The molecular weight excluding hydrogens is 430 g/mol. The first-order chi connectivity index (χ1) is 15.1. The Balaban J connectivity index is 1.81. The number of rotatable bonds is 6. The van der Waals surface area contributed by atoms with Crippen LogP contribution < -0.4 is 10.2 Å². The van der Waals surface area contributed by atoms with Gasteiger partial charge >= 0.3 is 6.18 Å². The lowest BCUT2D eigenvalue weighted by Gasteiger charge is -2.18. The van der Waals surface area contributed by atoms with Crippen LogP contribution in [0.4, 0.5) is 17.6 Å². The van der Waals surface area contributed by atoms with E-state index in [4.69, 9.17) is 4.74 Å². The van der Waals surface area contributed by atoms with Gasteiger partial charge in [0.1, 0.15) is 6.61 Å². The molecule has 0 aliphatic carbocycles. The van der Waals surface area contributed by atoms with Crippen LogP contribution in [0, 0.1) is 12.7 Å². The number of halogens is 4. The number of likely N-dealkylation sites (N-methyl/N-ethyl adjacent to an activating group) is 1. The molecule has 0 aliphatic heterocycles. The van der Waals surface area contributed by atoms with Gasteiger partial charge in [0, 0.05) is 18.8 Å². The zero-order chi connectivity index (χ0) is 23.5. The molecule has 0 N–H and O–H groups in total. The third-order valence-corrected chi connectivity index (χ3v) is 4.60. The molecule has 1 aromatic heterocycles. The van der Waals surface area contributed by atoms with Crippen LogP contribution in [0.2, 0.25) is 0 Å². The Bertz CT molecular complexity index is 1190. The molecule has 0 atom stereocenters. The van der Waals surface area contributed by atoms with Gasteiger partial charge in [0.25, 0.3) is 5.91 Å². The summed E-state index contributed by atoms with van der Waals surface area (Å²) in [5, 5.41) is 4.01. The molecule has 0 aliphatic rings. The molecular formula is C22H19F4N3O3. The zero-order valence-corrected chi connectivity index (χ0v) is 17.2. The fraction of sp³-hybridized carbons (Fsp3) is 0.227. The Morgan fingerprint density at radius 3 is 2.53 bits per heavy atom. The van der Waals surface area contributed by atoms with Gasteiger partial charge in [-0.1, -0.05) is 18.2 Å². The van der Waals surface area contributed by atoms with Gasteiger partial charge in [0.2, 0.25) is 5.43 Å². The number of carbonyl (C=O) groups is 1. The summed E-state index contributed by atoms with van der Waals surface area (Å²) in [6.45, 7) is 1.47. The van der Waals surface area contributed by atoms with Crippen LogP contribution in [-0.4, -0.2) is 40.8 Å². The Kier molecular flexibility index (Phi) is 6.61. The topological polar surface area (TPSA) is 64.4 Å². The van der Waals surface area contributed by atoms with Crippen LogP contribution in [-0.2, 0) is 6.18 Å². The molecule has 0 saturated heterocycles. The van der Waals surface area contributed by atoms with Crippen molar-refractivity contribution in [2.24, 2.45) is 0 Å². The van der Waals surface area contributed by atoms with E-state index in [9.17, 15) is 27.2 Å². The summed E-state index contributed by atoms with van der Waals surface area (Å²) in [5.74, 6) is -1.27. The van der Waals surface area contributed by atoms with Gasteiger partial charge in [-0.3, -0.25) is 9.59 Å². The summed E-state index contributed by atoms with van der Waals surface area (Å²) in [6.07, 6.45) is -4.56. The predicted molar refractivity (Wildman–Crippen MR) is 108 cm³/mol. The van der Waals surface area contributed by atoms with E-state index >= 15 is 0 Å². The lowest BCUT2D eigenvalue weighted by Crippen LogP contribution is -2.36. The maximum Gasteiger partial charge on any atom is 0.416 e. The average Bonchev–Trinajstić information content (AvgIpc) is 2.74. The molecule has 0 fully saturated rings. The molecule has 0 saturated carbocycles. The first kappa shape index (κ1) is 23.0. The second-order valence-electron chi connectivity index (χ2n) is 6.96. The van der Waals surface area contributed by atoms with Gasteiger partial charge in [-0.25, -0.2) is 9.07 Å². The number of hydrogen-bond donors (Lipinski definition) is 0. The van der Waals surface area contributed by atoms with E-state index in [2.05, 4.69) is 5.10 Å². The second-order valence-corrected chi connectivity index (χ2v) is 6.96. The zero-order valence-electron chi connectivity index (χ0n) is 17.2. The number of hydrogen-bond acceptors (Lipinski definition) is 4. The summed E-state index contributed by atoms with van der Waals surface area (Å²) >= 11 is 0. The lowest BCUT2D eigenvalue weighted by molar-refractivity contribution is -0.137. The third kappa shape index (κ3) is 5.13. The fourth-order valence-electron chi connectivity index (χ4n) is 2.91. The third-order valence-electron chi connectivity index (χ3n) is 4.60. The van der Waals surface area contributed by atoms with Gasteiger partial charge in [-0.05, 0) is 37.3 Å². The number of para-hydroxylation sites is 1. The van der Waals surface area contributed by atoms with Crippen molar-refractivity contribution in [3.05, 3.63) is 87.6 Å². The van der Waals surface area contributed by atoms with Crippen molar-refractivity contribution < 1.29 is 27.1 Å². The number of nitrogens with zero attached hydrogens (tertiary/aromatic N) is 3. The van der Waals surface area contributed by atoms with Gasteiger partial charge < -0.3 is 9.64 Å². The van der Waals surface area contributed by atoms with Crippen molar-refractivity contribution in [3.63, 3.8) is 0 Å². The van der Waals surface area contributed by atoms with Crippen LogP contribution in [0.1, 0.15) is 21.7 Å². The smallest absolute Gasteiger partial charge is 0.416 e. The lowest BCUT2D eigenvalue weighted by atomic mass is 10.2. The van der Waals surface area contributed by atoms with Crippen LogP contribution in [0.3, 0.4) is 0 Å². The van der Waals surface area contributed by atoms with Crippen molar-refractivity contribution in [2.75, 3.05) is 20.2 Å². The SMILES string of the molecule is Cc1cc(=O)c(C(=O)N(C)CCOc2ccccc2F)nn1-c1cccc(C(F)(F)F)c1. The van der Waals surface area contributed by atoms with Gasteiger partial charge in [-0.15, -0.1) is 0 Å². The number of alkyl halides is 3. The summed E-state index contributed by atoms with van der Waals surface area (Å²) in [4.78, 5) is 26.3. The quantitative estimate of drug-likeness (QED) is 0.537. The normalized spacial score (nSPS) is 11.3. The number of benzene rings is 2. The molecule has 6 nitrogen and oxygen atoms in total. The van der Waals surface area contributed by atoms with E-state index in [0.717, 1.165) is 27.8 Å². The van der Waals surface area contributed by atoms with Crippen molar-refractivity contribution in [2.45, 2.75) is 13.1 Å². The molecule has 3 aromatic rings. The summed E-state index contributed by atoms with van der Waals surface area (Å²) in [6, 6.07) is 11.3. The molecule has 10 heteroatoms. The van der Waals surface area contributed by atoms with Gasteiger partial charge in [0.15, 0.2) is 17.3 Å². The molecule has 0 bridgehead atoms. The first-order valence-corrected chi connectivity index (χ1v) is 9.49. The maximum absolute atomic E-state index is 13.6. The van der Waals surface area contributed by atoms with Gasteiger partial charge in [0.05, 0.1) is 17.8 Å². The van der Waals surface area contributed by atoms with Gasteiger partial charge in [-0.2, -0.15) is 18.3 Å². The standard InChI is InChI=1S/C22H19F4N3O3/c1-14-12-18(30)20(27-29(14)16-7-5-6-15(13-16)22(24,25)26)21(31)28(2)10-11-32-19-9-4-3-8-17(19)23/h3-9,12-13H,10-11H2,1-2H3. The molecule has 3 rings (SSSR count). The Morgan fingerprint density at radius 2 is 1.84 bits per heavy atom. The van der Waals surface area contributed by atoms with E-state index in [-0.39, 0.29) is 30.3 Å². The van der Waals surface area contributed by atoms with Crippen molar-refractivity contribution in [1.82, 2.24) is 14.7 Å². The van der Waals surface area contributed by atoms with E-state index in [0.29, 0.717) is 0 Å². The predicted octanol–water partition coefficient (Wildman–Crippen LogP) is 3.85. The van der Waals surface area contributed by atoms with Crippen LogP contribution >= 0.6 is 0 Å². The largest absolute Gasteiger partial charge is 0.489 e. The van der Waals surface area contributed by atoms with E-state index in [1.807, 2.05) is 0 Å². The average molecular weight is 449 g/mol. The first-order valence-electron chi connectivity index (χ1n) is 9.49. The molecule has 2 aromatic carbocycles. The minimum atomic E-state index is -4.56. The number of amides is 1. The van der Waals surface area contributed by atoms with Crippen LogP contribution in [0.15, 0.2) is 59.4 Å². The Morgan fingerprint density at radius 1 is 1.12 bits per heavy atom. The molecule has 168 valence electrons. The molecule has 1 heterocycles. The highest BCUT2D eigenvalue weighted by molar-refractivity contribution is 5.91. The molecule has 32 heavy (non-hydrogen) atoms. The van der Waals surface area contributed by atoms with E-state index in [1.165, 1.54) is 44.3 Å². The van der Waals surface area contributed by atoms with Crippen molar-refractivity contribution in [1.29, 1.82) is 0 Å². The number of aryl methyl sites for hydroxylation is 1. The molecule has 0 radical (unpaired) electrons. The number of carbonyl (C=O) groups excluding carboxylic acids is 1. The summed E-state index contributed by atoms with van der Waals surface area (Å²) in [7, 11) is 1.41. The van der Waals surface area contributed by atoms with Crippen molar-refractivity contribution >= 4 is 5.91 Å². The molecule has 0 spiro atoms. The van der Waals surface area contributed by atoms with Crippen molar-refractivity contribution in [3.8, 4) is 11.4 Å². The highest BCUT2D eigenvalue weighted by Gasteiger charge is 2.30. The molecule has 1 amide bonds. The minimum absolute atomic E-state index is 0.0196. The Labute approximate surface area is 180 Å². The maximum atomic E-state index is 13.6.